The number of hydrogen-bond acceptors (Lipinski definition) is 2. The van der Waals surface area contributed by atoms with Crippen LogP contribution in [-0.4, -0.2) is 16.1 Å². The first-order valence-electron chi connectivity index (χ1n) is 5.96. The molecule has 2 N–H and O–H groups in total. The fourth-order valence-corrected chi connectivity index (χ4v) is 2.70. The number of nitrogens with one attached hydrogen (secondary N) is 2. The van der Waals surface area contributed by atoms with Crippen molar-refractivity contribution < 1.29 is 0 Å². The summed E-state index contributed by atoms with van der Waals surface area (Å²) in [5.41, 5.74) is 0.805. The van der Waals surface area contributed by atoms with E-state index in [1.54, 1.807) is 6.20 Å². The van der Waals surface area contributed by atoms with E-state index in [0.29, 0.717) is 27.0 Å². The van der Waals surface area contributed by atoms with E-state index in [1.165, 1.54) is 25.7 Å². The number of anilines is 1. The molecule has 3 nitrogen and oxygen atoms in total. The zero-order valence-corrected chi connectivity index (χ0v) is 12.4. The second-order valence-electron chi connectivity index (χ2n) is 4.47. The van der Waals surface area contributed by atoms with E-state index in [1.807, 2.05) is 6.92 Å². The molecule has 1 aromatic rings. The van der Waals surface area contributed by atoms with Gasteiger partial charge in [-0.15, -0.1) is 0 Å². The molecular weight excluding hydrogens is 289 g/mol. The first-order valence-corrected chi connectivity index (χ1v) is 7.12. The average Bonchev–Trinajstić information content (AvgIpc) is 2.83. The number of pyridine rings is 1. The zero-order chi connectivity index (χ0) is 13.1. The summed E-state index contributed by atoms with van der Waals surface area (Å²) in [6.45, 7) is 1.85. The molecule has 0 atom stereocenters. The Morgan fingerprint density at radius 1 is 1.39 bits per heavy atom. The van der Waals surface area contributed by atoms with E-state index < -0.39 is 0 Å². The van der Waals surface area contributed by atoms with Crippen molar-refractivity contribution in [3.05, 3.63) is 21.8 Å². The van der Waals surface area contributed by atoms with Gasteiger partial charge in [0.1, 0.15) is 0 Å². The van der Waals surface area contributed by atoms with Crippen molar-refractivity contribution in [2.24, 2.45) is 0 Å². The highest BCUT2D eigenvalue weighted by molar-refractivity contribution is 7.80. The molecule has 0 bridgehead atoms. The molecule has 1 aliphatic rings. The third-order valence-corrected chi connectivity index (χ3v) is 4.19. The van der Waals surface area contributed by atoms with Gasteiger partial charge in [-0.2, -0.15) is 0 Å². The van der Waals surface area contributed by atoms with Crippen LogP contribution in [0, 0.1) is 6.92 Å². The Morgan fingerprint density at radius 3 is 2.72 bits per heavy atom. The Balaban J connectivity index is 2.00. The maximum absolute atomic E-state index is 6.16. The molecule has 1 aliphatic carbocycles. The number of halogens is 2. The molecule has 1 aromatic heterocycles. The zero-order valence-electron chi connectivity index (χ0n) is 10.1. The molecule has 1 saturated carbocycles. The number of aromatic nitrogens is 1. The quantitative estimate of drug-likeness (QED) is 0.812. The van der Waals surface area contributed by atoms with E-state index in [0.717, 1.165) is 5.56 Å². The van der Waals surface area contributed by atoms with E-state index >= 15 is 0 Å². The highest BCUT2D eigenvalue weighted by atomic mass is 35.5. The summed E-state index contributed by atoms with van der Waals surface area (Å²) in [6.07, 6.45) is 6.44. The molecule has 18 heavy (non-hydrogen) atoms. The predicted molar refractivity (Wildman–Crippen MR) is 80.6 cm³/mol. The normalized spacial score (nSPS) is 15.7. The van der Waals surface area contributed by atoms with Gasteiger partial charge in [0, 0.05) is 12.2 Å². The van der Waals surface area contributed by atoms with Crippen LogP contribution in [-0.2, 0) is 0 Å². The lowest BCUT2D eigenvalue weighted by Crippen LogP contribution is -2.36. The molecular formula is C12H15Cl2N3S. The van der Waals surface area contributed by atoms with Gasteiger partial charge in [-0.05, 0) is 37.5 Å². The number of hydrogen-bond donors (Lipinski definition) is 2. The average molecular weight is 304 g/mol. The summed E-state index contributed by atoms with van der Waals surface area (Å²) < 4.78 is 0. The Morgan fingerprint density at radius 2 is 2.06 bits per heavy atom. The van der Waals surface area contributed by atoms with Crippen LogP contribution in [0.15, 0.2) is 6.20 Å². The minimum Gasteiger partial charge on any atom is -0.360 e. The van der Waals surface area contributed by atoms with Crippen molar-refractivity contribution in [1.82, 2.24) is 10.3 Å². The van der Waals surface area contributed by atoms with Crippen LogP contribution in [0.4, 0.5) is 5.82 Å². The summed E-state index contributed by atoms with van der Waals surface area (Å²) in [5, 5.41) is 7.94. The lowest BCUT2D eigenvalue weighted by molar-refractivity contribution is 0.634. The third kappa shape index (κ3) is 3.25. The maximum atomic E-state index is 6.16. The summed E-state index contributed by atoms with van der Waals surface area (Å²) in [4.78, 5) is 4.15. The van der Waals surface area contributed by atoms with Crippen LogP contribution in [0.25, 0.3) is 0 Å². The van der Waals surface area contributed by atoms with Crippen LogP contribution >= 0.6 is 35.4 Å². The van der Waals surface area contributed by atoms with Crippen molar-refractivity contribution in [2.75, 3.05) is 5.32 Å². The molecule has 2 rings (SSSR count). The molecule has 6 heteroatoms. The summed E-state index contributed by atoms with van der Waals surface area (Å²) in [7, 11) is 0. The maximum Gasteiger partial charge on any atom is 0.172 e. The predicted octanol–water partition coefficient (Wildman–Crippen LogP) is 3.93. The minimum absolute atomic E-state index is 0.470. The van der Waals surface area contributed by atoms with Gasteiger partial charge < -0.3 is 10.6 Å². The van der Waals surface area contributed by atoms with E-state index in [9.17, 15) is 0 Å². The molecule has 0 aromatic carbocycles. The summed E-state index contributed by atoms with van der Waals surface area (Å²) in [6, 6.07) is 0.470. The molecule has 1 heterocycles. The second-order valence-corrected chi connectivity index (χ2v) is 5.67. The van der Waals surface area contributed by atoms with Gasteiger partial charge in [0.25, 0.3) is 0 Å². The number of nitrogens with zero attached hydrogens (tertiary/aromatic N) is 1. The van der Waals surface area contributed by atoms with Gasteiger partial charge in [0.15, 0.2) is 10.9 Å². The van der Waals surface area contributed by atoms with Gasteiger partial charge in [0.05, 0.1) is 10.0 Å². The van der Waals surface area contributed by atoms with E-state index in [-0.39, 0.29) is 0 Å². The largest absolute Gasteiger partial charge is 0.360 e. The SMILES string of the molecule is Cc1c(Cl)cnc(NC(=S)NC2CCCC2)c1Cl. The highest BCUT2D eigenvalue weighted by Gasteiger charge is 2.16. The summed E-state index contributed by atoms with van der Waals surface area (Å²) in [5.74, 6) is 0.550. The lowest BCUT2D eigenvalue weighted by atomic mass is 10.2. The monoisotopic (exact) mass is 303 g/mol. The molecule has 0 radical (unpaired) electrons. The van der Waals surface area contributed by atoms with Crippen LogP contribution in [0.5, 0.6) is 0 Å². The van der Waals surface area contributed by atoms with Crippen LogP contribution in [0.3, 0.4) is 0 Å². The van der Waals surface area contributed by atoms with E-state index in [4.69, 9.17) is 35.4 Å². The lowest BCUT2D eigenvalue weighted by Gasteiger charge is -2.16. The second kappa shape index (κ2) is 6.04. The first-order chi connectivity index (χ1) is 8.58. The van der Waals surface area contributed by atoms with Gasteiger partial charge >= 0.3 is 0 Å². The molecule has 1 fully saturated rings. The van der Waals surface area contributed by atoms with E-state index in [2.05, 4.69) is 15.6 Å². The highest BCUT2D eigenvalue weighted by Crippen LogP contribution is 2.28. The van der Waals surface area contributed by atoms with Crippen LogP contribution in [0.2, 0.25) is 10.0 Å². The van der Waals surface area contributed by atoms with Gasteiger partial charge in [-0.25, -0.2) is 4.98 Å². The summed E-state index contributed by atoms with van der Waals surface area (Å²) >= 11 is 17.4. The fraction of sp³-hybridized carbons (Fsp3) is 0.500. The topological polar surface area (TPSA) is 37.0 Å². The smallest absolute Gasteiger partial charge is 0.172 e. The number of thiocarbonyl (C=S) groups is 1. The molecule has 0 aliphatic heterocycles. The van der Waals surface area contributed by atoms with Crippen molar-refractivity contribution in [3.8, 4) is 0 Å². The van der Waals surface area contributed by atoms with Crippen molar-refractivity contribution in [1.29, 1.82) is 0 Å². The van der Waals surface area contributed by atoms with Crippen molar-refractivity contribution in [2.45, 2.75) is 38.6 Å². The number of rotatable bonds is 2. The Labute approximate surface area is 122 Å². The Kier molecular flexibility index (Phi) is 4.65. The molecule has 0 spiro atoms. The van der Waals surface area contributed by atoms with Gasteiger partial charge in [0.2, 0.25) is 0 Å². The van der Waals surface area contributed by atoms with Crippen LogP contribution < -0.4 is 10.6 Å². The van der Waals surface area contributed by atoms with Crippen molar-refractivity contribution in [3.63, 3.8) is 0 Å². The molecule has 0 unspecified atom stereocenters. The van der Waals surface area contributed by atoms with Crippen molar-refractivity contribution >= 4 is 46.4 Å². The van der Waals surface area contributed by atoms with Gasteiger partial charge in [-0.3, -0.25) is 0 Å². The minimum atomic E-state index is 0.470. The molecule has 0 amide bonds. The fourth-order valence-electron chi connectivity index (χ4n) is 2.04. The third-order valence-electron chi connectivity index (χ3n) is 3.12. The Hall–Kier alpha value is -0.580. The first kappa shape index (κ1) is 13.8. The van der Waals surface area contributed by atoms with Crippen LogP contribution in [0.1, 0.15) is 31.2 Å². The van der Waals surface area contributed by atoms with Gasteiger partial charge in [-0.1, -0.05) is 36.0 Å². The molecule has 98 valence electrons. The molecule has 0 saturated heterocycles. The standard InChI is InChI=1S/C12H15Cl2N3S/c1-7-9(13)6-15-11(10(7)14)17-12(18)16-8-4-2-3-5-8/h6,8H,2-5H2,1H3,(H2,15,16,17,18). The Bertz CT molecular complexity index is 459.